The van der Waals surface area contributed by atoms with Gasteiger partial charge in [-0.1, -0.05) is 66.7 Å². The van der Waals surface area contributed by atoms with Crippen molar-refractivity contribution in [1.29, 1.82) is 0 Å². The Bertz CT molecular complexity index is 2300. The van der Waals surface area contributed by atoms with Gasteiger partial charge in [-0.05, 0) is 48.7 Å². The van der Waals surface area contributed by atoms with E-state index in [-0.39, 0.29) is 17.3 Å². The number of ether oxygens (including phenoxy) is 1. The highest BCUT2D eigenvalue weighted by molar-refractivity contribution is 5.98. The third kappa shape index (κ3) is 6.86. The maximum Gasteiger partial charge on any atom is 0.326 e. The van der Waals surface area contributed by atoms with Crippen molar-refractivity contribution in [2.24, 2.45) is 0 Å². The van der Waals surface area contributed by atoms with Gasteiger partial charge in [0.15, 0.2) is 6.29 Å². The van der Waals surface area contributed by atoms with Gasteiger partial charge in [-0.25, -0.2) is 14.8 Å². The Morgan fingerprint density at radius 1 is 0.830 bits per heavy atom. The molecule has 2 aliphatic rings. The fraction of sp³-hybridized carbons (Fsp3) is 0.300. The van der Waals surface area contributed by atoms with Crippen molar-refractivity contribution in [3.8, 4) is 22.5 Å². The largest absolute Gasteiger partial charge is 0.394 e. The number of piperidine rings is 1. The SMILES string of the molecule is O=C(NC1C(O)OC(CO)C(O)C1O)c1ccc2nc(-c3ccc(CN4CCC(n5c(=O)[nH]c6ccccc65)CC4)cc3)c(-c3ccccc3)nc2c1. The van der Waals surface area contributed by atoms with Gasteiger partial charge in [0.05, 0.1) is 40.1 Å². The van der Waals surface area contributed by atoms with Gasteiger partial charge in [-0.3, -0.25) is 14.3 Å². The van der Waals surface area contributed by atoms with Crippen LogP contribution in [0.15, 0.2) is 102 Å². The molecule has 0 radical (unpaired) electrons. The number of para-hydroxylation sites is 2. The fourth-order valence-electron chi connectivity index (χ4n) is 7.48. The molecule has 2 fully saturated rings. The summed E-state index contributed by atoms with van der Waals surface area (Å²) < 4.78 is 7.09. The van der Waals surface area contributed by atoms with E-state index in [2.05, 4.69) is 39.5 Å². The summed E-state index contributed by atoms with van der Waals surface area (Å²) in [6.45, 7) is 1.95. The van der Waals surface area contributed by atoms with Crippen LogP contribution < -0.4 is 11.0 Å². The second-order valence-electron chi connectivity index (χ2n) is 13.7. The van der Waals surface area contributed by atoms with Crippen molar-refractivity contribution in [3.05, 3.63) is 119 Å². The first-order valence-electron chi connectivity index (χ1n) is 17.8. The number of hydrogen-bond acceptors (Lipinski definition) is 10. The topological polar surface area (TPSA) is 186 Å². The third-order valence-electron chi connectivity index (χ3n) is 10.4. The van der Waals surface area contributed by atoms with E-state index >= 15 is 0 Å². The summed E-state index contributed by atoms with van der Waals surface area (Å²) in [4.78, 5) is 41.4. The number of amides is 1. The number of hydrogen-bond donors (Lipinski definition) is 6. The van der Waals surface area contributed by atoms with Gasteiger partial charge >= 0.3 is 5.69 Å². The molecule has 0 aliphatic carbocycles. The third-order valence-corrected chi connectivity index (χ3v) is 10.4. The number of carbonyl (C=O) groups excluding carboxylic acids is 1. The van der Waals surface area contributed by atoms with Crippen LogP contribution in [-0.2, 0) is 11.3 Å². The van der Waals surface area contributed by atoms with E-state index in [1.165, 1.54) is 5.56 Å². The highest BCUT2D eigenvalue weighted by Gasteiger charge is 2.44. The Hall–Kier alpha value is -5.28. The zero-order valence-electron chi connectivity index (χ0n) is 28.7. The molecular weight excluding hydrogens is 676 g/mol. The number of fused-ring (bicyclic) bond motifs is 2. The van der Waals surface area contributed by atoms with Crippen LogP contribution in [0, 0.1) is 0 Å². The van der Waals surface area contributed by atoms with Crippen molar-refractivity contribution in [3.63, 3.8) is 0 Å². The number of benzene rings is 4. The van der Waals surface area contributed by atoms with Crippen LogP contribution in [-0.4, -0.2) is 101 Å². The summed E-state index contributed by atoms with van der Waals surface area (Å²) in [5.74, 6) is -0.618. The van der Waals surface area contributed by atoms with Crippen LogP contribution in [0.4, 0.5) is 0 Å². The number of carbonyl (C=O) groups is 1. The fourth-order valence-corrected chi connectivity index (χ4v) is 7.48. The molecule has 0 spiro atoms. The quantitative estimate of drug-likeness (QED) is 0.137. The van der Waals surface area contributed by atoms with Crippen molar-refractivity contribution in [1.82, 2.24) is 29.7 Å². The lowest BCUT2D eigenvalue weighted by molar-refractivity contribution is -0.252. The first kappa shape index (κ1) is 34.8. The van der Waals surface area contributed by atoms with Gasteiger partial charge in [-0.2, -0.15) is 0 Å². The highest BCUT2D eigenvalue weighted by Crippen LogP contribution is 2.32. The molecule has 8 rings (SSSR count). The van der Waals surface area contributed by atoms with Crippen molar-refractivity contribution in [2.45, 2.75) is 56.1 Å². The Kier molecular flexibility index (Phi) is 9.60. The number of aliphatic hydroxyl groups excluding tert-OH is 4. The molecule has 2 aromatic heterocycles. The molecule has 272 valence electrons. The molecule has 13 heteroatoms. The van der Waals surface area contributed by atoms with Gasteiger partial charge < -0.3 is 35.5 Å². The van der Waals surface area contributed by atoms with Gasteiger partial charge in [-0.15, -0.1) is 0 Å². The molecule has 4 aromatic carbocycles. The van der Waals surface area contributed by atoms with Crippen LogP contribution in [0.5, 0.6) is 0 Å². The van der Waals surface area contributed by atoms with Crippen LogP contribution in [0.25, 0.3) is 44.6 Å². The average molecular weight is 717 g/mol. The van der Waals surface area contributed by atoms with E-state index in [9.17, 15) is 30.0 Å². The zero-order chi connectivity index (χ0) is 36.6. The Morgan fingerprint density at radius 2 is 1.51 bits per heavy atom. The van der Waals surface area contributed by atoms with Gasteiger partial charge in [0.1, 0.15) is 24.4 Å². The van der Waals surface area contributed by atoms with Crippen LogP contribution >= 0.6 is 0 Å². The van der Waals surface area contributed by atoms with E-state index in [4.69, 9.17) is 14.7 Å². The smallest absolute Gasteiger partial charge is 0.326 e. The molecule has 0 saturated carbocycles. The van der Waals surface area contributed by atoms with E-state index in [0.29, 0.717) is 22.4 Å². The predicted molar refractivity (Wildman–Crippen MR) is 198 cm³/mol. The standard InChI is InChI=1S/C40H40N6O7/c47-22-32-36(48)37(49)35(39(51)53-32)44-38(50)26-14-15-28-30(20-26)42-33(24-6-2-1-3-7-24)34(41-28)25-12-10-23(11-13-25)21-45-18-16-27(17-19-45)46-31-9-5-4-8-29(31)43-40(46)52/h1-15,20,27,32,35-37,39,47-49,51H,16-19,21-22H2,(H,43,52)(H,44,50). The van der Waals surface area contributed by atoms with Crippen LogP contribution in [0.2, 0.25) is 0 Å². The zero-order valence-corrected chi connectivity index (χ0v) is 28.7. The first-order chi connectivity index (χ1) is 25.8. The second-order valence-corrected chi connectivity index (χ2v) is 13.7. The van der Waals surface area contributed by atoms with Crippen LogP contribution in [0.3, 0.4) is 0 Å². The summed E-state index contributed by atoms with van der Waals surface area (Å²) in [5.41, 5.74) is 7.26. The number of likely N-dealkylation sites (tertiary alicyclic amines) is 1. The Balaban J connectivity index is 1.00. The summed E-state index contributed by atoms with van der Waals surface area (Å²) in [7, 11) is 0. The maximum atomic E-state index is 13.3. The van der Waals surface area contributed by atoms with E-state index in [1.807, 2.05) is 59.2 Å². The minimum Gasteiger partial charge on any atom is -0.394 e. The predicted octanol–water partition coefficient (Wildman–Crippen LogP) is 2.97. The second kappa shape index (κ2) is 14.6. The molecule has 4 heterocycles. The molecular formula is C40H40N6O7. The lowest BCUT2D eigenvalue weighted by Gasteiger charge is -2.40. The Labute approximate surface area is 304 Å². The number of aromatic nitrogens is 4. The number of nitrogens with zero attached hydrogens (tertiary/aromatic N) is 4. The van der Waals surface area contributed by atoms with Crippen molar-refractivity contribution < 1.29 is 30.0 Å². The molecule has 13 nitrogen and oxygen atoms in total. The first-order valence-corrected chi connectivity index (χ1v) is 17.8. The van der Waals surface area contributed by atoms with E-state index < -0.39 is 43.2 Å². The molecule has 53 heavy (non-hydrogen) atoms. The number of aromatic amines is 1. The lowest BCUT2D eigenvalue weighted by atomic mass is 9.96. The Morgan fingerprint density at radius 3 is 2.25 bits per heavy atom. The monoisotopic (exact) mass is 716 g/mol. The summed E-state index contributed by atoms with van der Waals surface area (Å²) >= 11 is 0. The molecule has 6 aromatic rings. The molecule has 2 saturated heterocycles. The molecule has 5 unspecified atom stereocenters. The molecule has 2 aliphatic heterocycles. The molecule has 0 bridgehead atoms. The number of imidazole rings is 1. The van der Waals surface area contributed by atoms with Gasteiger partial charge in [0.25, 0.3) is 5.91 Å². The summed E-state index contributed by atoms with van der Waals surface area (Å²) in [6, 6.07) is 29.5. The molecule has 5 atom stereocenters. The van der Waals surface area contributed by atoms with Gasteiger partial charge in [0, 0.05) is 42.4 Å². The lowest BCUT2D eigenvalue weighted by Crippen LogP contribution is -2.64. The van der Waals surface area contributed by atoms with Gasteiger partial charge in [0.2, 0.25) is 0 Å². The van der Waals surface area contributed by atoms with E-state index in [1.54, 1.807) is 18.2 Å². The maximum absolute atomic E-state index is 13.3. The molecule has 6 N–H and O–H groups in total. The van der Waals surface area contributed by atoms with Crippen molar-refractivity contribution >= 4 is 28.0 Å². The number of nitrogens with one attached hydrogen (secondary N) is 2. The van der Waals surface area contributed by atoms with Crippen LogP contribution in [0.1, 0.15) is 34.8 Å². The highest BCUT2D eigenvalue weighted by atomic mass is 16.6. The number of rotatable bonds is 8. The summed E-state index contributed by atoms with van der Waals surface area (Å²) in [5, 5.41) is 43.0. The summed E-state index contributed by atoms with van der Waals surface area (Å²) in [6.07, 6.45) is -4.09. The van der Waals surface area contributed by atoms with Crippen molar-refractivity contribution in [2.75, 3.05) is 19.7 Å². The molecule has 1 amide bonds. The number of H-pyrrole nitrogens is 1. The minimum absolute atomic E-state index is 0.0517. The average Bonchev–Trinajstić information content (AvgIpc) is 3.53. The number of aliphatic hydroxyl groups is 4. The minimum atomic E-state index is -1.64. The normalized spacial score (nSPS) is 22.7. The van der Waals surface area contributed by atoms with E-state index in [0.717, 1.165) is 54.6 Å².